The zero-order valence-corrected chi connectivity index (χ0v) is 23.0. The van der Waals surface area contributed by atoms with Gasteiger partial charge in [-0.15, -0.1) is 0 Å². The lowest BCUT2D eigenvalue weighted by Gasteiger charge is -2.39. The van der Waals surface area contributed by atoms with E-state index in [1.165, 1.54) is 5.56 Å². The van der Waals surface area contributed by atoms with Gasteiger partial charge >= 0.3 is 0 Å². The Labute approximate surface area is 226 Å². The molecule has 0 bridgehead atoms. The van der Waals surface area contributed by atoms with Gasteiger partial charge in [0, 0.05) is 39.6 Å². The van der Waals surface area contributed by atoms with Crippen LogP contribution in [-0.4, -0.2) is 73.8 Å². The molecule has 3 aromatic rings. The first-order valence-corrected chi connectivity index (χ1v) is 13.2. The molecule has 38 heavy (non-hydrogen) atoms. The van der Waals surface area contributed by atoms with Crippen LogP contribution in [0, 0.1) is 5.92 Å². The van der Waals surface area contributed by atoms with Gasteiger partial charge in [-0.1, -0.05) is 43.3 Å². The Morgan fingerprint density at radius 1 is 1.00 bits per heavy atom. The Balaban J connectivity index is 1.51. The molecule has 0 spiro atoms. The molecule has 1 amide bonds. The van der Waals surface area contributed by atoms with Crippen LogP contribution in [-0.2, 0) is 6.54 Å². The van der Waals surface area contributed by atoms with Crippen molar-refractivity contribution < 1.29 is 19.4 Å². The Morgan fingerprint density at radius 3 is 2.34 bits per heavy atom. The van der Waals surface area contributed by atoms with Gasteiger partial charge in [-0.25, -0.2) is 0 Å². The third-order valence-electron chi connectivity index (χ3n) is 7.00. The molecule has 1 aliphatic heterocycles. The average molecular weight is 518 g/mol. The largest absolute Gasteiger partial charge is 0.486 e. The SMILES string of the molecule is C[C@H]1CN([C@@H](C)CO)C(=O)c2cccc(N(C)C)c2O[C@@H]1CN(C)Cc1ccc(Oc2ccccc2)cc1. The van der Waals surface area contributed by atoms with Crippen LogP contribution >= 0.6 is 0 Å². The van der Waals surface area contributed by atoms with E-state index in [0.717, 1.165) is 23.7 Å². The number of nitrogens with zero attached hydrogens (tertiary/aromatic N) is 3. The van der Waals surface area contributed by atoms with E-state index >= 15 is 0 Å². The summed E-state index contributed by atoms with van der Waals surface area (Å²) in [5, 5.41) is 9.87. The molecule has 1 heterocycles. The number of benzene rings is 3. The van der Waals surface area contributed by atoms with E-state index in [1.807, 2.05) is 86.6 Å². The number of para-hydroxylation sites is 2. The first-order chi connectivity index (χ1) is 18.3. The predicted molar refractivity (Wildman–Crippen MR) is 151 cm³/mol. The molecule has 3 aromatic carbocycles. The van der Waals surface area contributed by atoms with E-state index in [-0.39, 0.29) is 30.6 Å². The molecule has 1 N–H and O–H groups in total. The summed E-state index contributed by atoms with van der Waals surface area (Å²) in [6.07, 6.45) is -0.151. The second-order valence-corrected chi connectivity index (χ2v) is 10.4. The first kappa shape index (κ1) is 27.5. The number of carbonyl (C=O) groups is 1. The van der Waals surface area contributed by atoms with Crippen LogP contribution in [0.25, 0.3) is 0 Å². The van der Waals surface area contributed by atoms with E-state index < -0.39 is 0 Å². The van der Waals surface area contributed by atoms with Crippen LogP contribution < -0.4 is 14.4 Å². The number of carbonyl (C=O) groups excluding carboxylic acids is 1. The van der Waals surface area contributed by atoms with Crippen LogP contribution in [0.1, 0.15) is 29.8 Å². The Kier molecular flexibility index (Phi) is 8.92. The van der Waals surface area contributed by atoms with E-state index in [9.17, 15) is 9.90 Å². The van der Waals surface area contributed by atoms with Gasteiger partial charge < -0.3 is 24.4 Å². The lowest BCUT2D eigenvalue weighted by atomic mass is 9.98. The van der Waals surface area contributed by atoms with Crippen molar-refractivity contribution in [3.05, 3.63) is 83.9 Å². The van der Waals surface area contributed by atoms with Gasteiger partial charge in [0.2, 0.25) is 0 Å². The second kappa shape index (κ2) is 12.3. The fraction of sp³-hybridized carbons (Fsp3) is 0.387. The molecule has 0 saturated carbocycles. The highest BCUT2D eigenvalue weighted by atomic mass is 16.5. The molecule has 0 fully saturated rings. The highest BCUT2D eigenvalue weighted by Gasteiger charge is 2.34. The molecule has 0 aromatic heterocycles. The molecule has 0 saturated heterocycles. The lowest BCUT2D eigenvalue weighted by Crippen LogP contribution is -2.49. The third-order valence-corrected chi connectivity index (χ3v) is 7.00. The number of aliphatic hydroxyl groups is 1. The van der Waals surface area contributed by atoms with Crippen LogP contribution in [0.4, 0.5) is 5.69 Å². The monoisotopic (exact) mass is 517 g/mol. The zero-order valence-electron chi connectivity index (χ0n) is 23.0. The number of amides is 1. The summed E-state index contributed by atoms with van der Waals surface area (Å²) in [6.45, 7) is 5.85. The number of anilines is 1. The molecule has 7 heteroatoms. The van der Waals surface area contributed by atoms with Crippen molar-refractivity contribution in [1.29, 1.82) is 0 Å². The Bertz CT molecular complexity index is 1200. The topological polar surface area (TPSA) is 65.5 Å². The van der Waals surface area contributed by atoms with E-state index in [1.54, 1.807) is 4.90 Å². The van der Waals surface area contributed by atoms with Crippen molar-refractivity contribution in [2.45, 2.75) is 32.5 Å². The number of hydrogen-bond donors (Lipinski definition) is 1. The quantitative estimate of drug-likeness (QED) is 0.436. The molecule has 7 nitrogen and oxygen atoms in total. The zero-order chi connectivity index (χ0) is 27.2. The van der Waals surface area contributed by atoms with E-state index in [2.05, 4.69) is 31.0 Å². The smallest absolute Gasteiger partial charge is 0.258 e. The molecule has 0 aliphatic carbocycles. The minimum atomic E-state index is -0.283. The number of aliphatic hydroxyl groups excluding tert-OH is 1. The van der Waals surface area contributed by atoms with Gasteiger partial charge in [0.05, 0.1) is 23.9 Å². The maximum Gasteiger partial charge on any atom is 0.258 e. The summed E-state index contributed by atoms with van der Waals surface area (Å²) in [7, 11) is 5.99. The van der Waals surface area contributed by atoms with Crippen molar-refractivity contribution in [1.82, 2.24) is 9.80 Å². The summed E-state index contributed by atoms with van der Waals surface area (Å²) in [4.78, 5) is 19.5. The van der Waals surface area contributed by atoms with Gasteiger partial charge in [-0.05, 0) is 55.9 Å². The number of rotatable bonds is 9. The first-order valence-electron chi connectivity index (χ1n) is 13.2. The Morgan fingerprint density at radius 2 is 1.68 bits per heavy atom. The van der Waals surface area contributed by atoms with Gasteiger partial charge in [-0.3, -0.25) is 9.69 Å². The number of likely N-dealkylation sites (N-methyl/N-ethyl adjacent to an activating group) is 1. The fourth-order valence-corrected chi connectivity index (χ4v) is 4.77. The molecule has 3 atom stereocenters. The number of fused-ring (bicyclic) bond motifs is 1. The van der Waals surface area contributed by atoms with Crippen molar-refractivity contribution in [3.63, 3.8) is 0 Å². The third kappa shape index (κ3) is 6.47. The van der Waals surface area contributed by atoms with Crippen molar-refractivity contribution >= 4 is 11.6 Å². The fourth-order valence-electron chi connectivity index (χ4n) is 4.77. The normalized spacial score (nSPS) is 18.3. The minimum absolute atomic E-state index is 0.0559. The molecular formula is C31H39N3O4. The molecule has 0 radical (unpaired) electrons. The van der Waals surface area contributed by atoms with Gasteiger partial charge in [0.15, 0.2) is 5.75 Å². The molecule has 202 valence electrons. The molecule has 0 unspecified atom stereocenters. The Hall–Kier alpha value is -3.55. The van der Waals surface area contributed by atoms with Gasteiger partial charge in [-0.2, -0.15) is 0 Å². The van der Waals surface area contributed by atoms with Crippen LogP contribution in [0.3, 0.4) is 0 Å². The lowest BCUT2D eigenvalue weighted by molar-refractivity contribution is 0.0343. The van der Waals surface area contributed by atoms with Crippen molar-refractivity contribution in [2.24, 2.45) is 5.92 Å². The molecule has 4 rings (SSSR count). The maximum absolute atomic E-state index is 13.5. The van der Waals surface area contributed by atoms with Crippen molar-refractivity contribution in [2.75, 3.05) is 45.7 Å². The maximum atomic E-state index is 13.5. The van der Waals surface area contributed by atoms with Gasteiger partial charge in [0.1, 0.15) is 17.6 Å². The summed E-state index contributed by atoms with van der Waals surface area (Å²) in [5.41, 5.74) is 2.57. The standard InChI is InChI=1S/C31H39N3O4/c1-22-18-34(23(2)21-35)31(36)27-12-9-13-28(32(3)4)30(27)38-29(22)20-33(5)19-24-14-16-26(17-15-24)37-25-10-7-6-8-11-25/h6-17,22-23,29,35H,18-21H2,1-5H3/t22-,23-,29+/m0/s1. The van der Waals surface area contributed by atoms with Gasteiger partial charge in [0.25, 0.3) is 5.91 Å². The average Bonchev–Trinajstić information content (AvgIpc) is 2.91. The number of hydrogen-bond acceptors (Lipinski definition) is 6. The van der Waals surface area contributed by atoms with E-state index in [0.29, 0.717) is 24.4 Å². The summed E-state index contributed by atoms with van der Waals surface area (Å²) < 4.78 is 12.6. The van der Waals surface area contributed by atoms with Crippen LogP contribution in [0.15, 0.2) is 72.8 Å². The van der Waals surface area contributed by atoms with Crippen molar-refractivity contribution in [3.8, 4) is 17.2 Å². The van der Waals surface area contributed by atoms with E-state index in [4.69, 9.17) is 9.47 Å². The second-order valence-electron chi connectivity index (χ2n) is 10.4. The van der Waals surface area contributed by atoms with Crippen LogP contribution in [0.5, 0.6) is 17.2 Å². The van der Waals surface area contributed by atoms with Crippen LogP contribution in [0.2, 0.25) is 0 Å². The summed E-state index contributed by atoms with van der Waals surface area (Å²) in [6, 6.07) is 23.3. The summed E-state index contributed by atoms with van der Waals surface area (Å²) >= 11 is 0. The number of ether oxygens (including phenoxy) is 2. The highest BCUT2D eigenvalue weighted by Crippen LogP contribution is 2.36. The molecular weight excluding hydrogens is 478 g/mol. The molecule has 1 aliphatic rings. The highest BCUT2D eigenvalue weighted by molar-refractivity contribution is 5.99. The predicted octanol–water partition coefficient (Wildman–Crippen LogP) is 4.90. The minimum Gasteiger partial charge on any atom is -0.486 e. The summed E-state index contributed by atoms with van der Waals surface area (Å²) in [5.74, 6) is 2.16.